The van der Waals surface area contributed by atoms with Crippen molar-refractivity contribution in [3.8, 4) is 44.5 Å². The topological polar surface area (TPSA) is 3.24 Å². The first kappa shape index (κ1) is 36.3. The van der Waals surface area contributed by atoms with Crippen LogP contribution in [-0.2, 0) is 10.8 Å². The Morgan fingerprint density at radius 1 is 0.444 bits per heavy atom. The van der Waals surface area contributed by atoms with Gasteiger partial charge in [0, 0.05) is 36.7 Å². The smallest absolute Gasteiger partial charge is 0.0554 e. The van der Waals surface area contributed by atoms with Crippen molar-refractivity contribution in [2.45, 2.75) is 56.8 Å². The predicted octanol–water partition coefficient (Wildman–Crippen LogP) is 16.9. The fraction of sp³-hybridized carbons (Fsp3) is 0.213. The van der Waals surface area contributed by atoms with E-state index in [1.807, 2.05) is 11.3 Å². The maximum absolute atomic E-state index is 2.62. The van der Waals surface area contributed by atoms with Crippen molar-refractivity contribution in [3.63, 3.8) is 0 Å². The van der Waals surface area contributed by atoms with E-state index in [1.54, 1.807) is 11.1 Å². The average molecular weight is 828 g/mol. The van der Waals surface area contributed by atoms with Crippen LogP contribution in [0.4, 0.5) is 17.1 Å². The van der Waals surface area contributed by atoms with Crippen LogP contribution >= 0.6 is 11.3 Å². The van der Waals surface area contributed by atoms with Gasteiger partial charge in [0.05, 0.1) is 11.4 Å². The molecule has 1 aromatic heterocycles. The lowest BCUT2D eigenvalue weighted by atomic mass is 9.43. The molecule has 0 amide bonds. The molecule has 4 saturated carbocycles. The molecule has 4 bridgehead atoms. The summed E-state index contributed by atoms with van der Waals surface area (Å²) in [4.78, 5) is 2.56. The molecule has 304 valence electrons. The van der Waals surface area contributed by atoms with Crippen LogP contribution < -0.4 is 4.90 Å². The molecule has 8 aromatic carbocycles. The normalized spacial score (nSPS) is 23.0. The van der Waals surface area contributed by atoms with Crippen molar-refractivity contribution < 1.29 is 0 Å². The van der Waals surface area contributed by atoms with Gasteiger partial charge in [0.15, 0.2) is 0 Å². The molecule has 0 N–H and O–H groups in total. The fourth-order valence-electron chi connectivity index (χ4n) is 14.4. The average Bonchev–Trinajstić information content (AvgIpc) is 3.93. The maximum atomic E-state index is 2.62. The summed E-state index contributed by atoms with van der Waals surface area (Å²) in [5.74, 6) is 3.42. The number of anilines is 3. The number of fused-ring (bicyclic) bond motifs is 9. The van der Waals surface area contributed by atoms with Crippen LogP contribution in [0, 0.1) is 23.7 Å². The van der Waals surface area contributed by atoms with Gasteiger partial charge in [0.25, 0.3) is 0 Å². The summed E-state index contributed by atoms with van der Waals surface area (Å²) in [5, 5.41) is 2.62. The molecule has 1 nitrogen and oxygen atoms in total. The molecule has 2 heteroatoms. The molecule has 1 spiro atoms. The van der Waals surface area contributed by atoms with Gasteiger partial charge >= 0.3 is 0 Å². The number of nitrogens with zero attached hydrogens (tertiary/aromatic N) is 1. The van der Waals surface area contributed by atoms with Crippen LogP contribution in [0.2, 0.25) is 0 Å². The summed E-state index contributed by atoms with van der Waals surface area (Å²) >= 11 is 1.89. The van der Waals surface area contributed by atoms with E-state index in [1.165, 1.54) is 125 Å². The van der Waals surface area contributed by atoms with Gasteiger partial charge in [-0.25, -0.2) is 0 Å². The van der Waals surface area contributed by atoms with Crippen molar-refractivity contribution >= 4 is 48.6 Å². The molecule has 4 fully saturated rings. The Kier molecular flexibility index (Phi) is 7.58. The van der Waals surface area contributed by atoms with Crippen molar-refractivity contribution in [2.24, 2.45) is 23.7 Å². The van der Waals surface area contributed by atoms with E-state index in [9.17, 15) is 0 Å². The minimum atomic E-state index is -0.172. The standard InChI is InChI=1S/C61H49NS/c1-60(2)51-18-6-3-15-47(51)49-17-10-21-55(59(49)60)62(54-20-11-23-57-58(54)50-16-5-8-22-56(50)63-57)45-13-9-12-41(35-45)39-24-26-40(27-25-39)42-28-29-48-46-14-4-7-19-52(46)61(53(48)36-42)43-31-37-30-38(33-43)34-44(61)32-37/h3-29,35-38,43-44H,30-34H2,1-2H3. The lowest BCUT2D eigenvalue weighted by Gasteiger charge is -2.61. The Labute approximate surface area is 374 Å². The Hall–Kier alpha value is -6.22. The highest BCUT2D eigenvalue weighted by atomic mass is 32.1. The number of hydrogen-bond donors (Lipinski definition) is 0. The van der Waals surface area contributed by atoms with Crippen molar-refractivity contribution in [2.75, 3.05) is 4.90 Å². The van der Waals surface area contributed by atoms with E-state index in [0.717, 1.165) is 23.7 Å². The summed E-state index contributed by atoms with van der Waals surface area (Å²) in [6, 6.07) is 67.4. The van der Waals surface area contributed by atoms with Gasteiger partial charge < -0.3 is 4.90 Å². The molecule has 9 aromatic rings. The Bertz CT molecular complexity index is 3320. The molecule has 15 rings (SSSR count). The number of hydrogen-bond acceptors (Lipinski definition) is 2. The van der Waals surface area contributed by atoms with Gasteiger partial charge in [-0.05, 0) is 165 Å². The van der Waals surface area contributed by atoms with E-state index < -0.39 is 0 Å². The summed E-state index contributed by atoms with van der Waals surface area (Å²) < 4.78 is 2.63. The van der Waals surface area contributed by atoms with E-state index in [4.69, 9.17) is 0 Å². The van der Waals surface area contributed by atoms with E-state index >= 15 is 0 Å². The molecular formula is C61H49NS. The van der Waals surface area contributed by atoms with Gasteiger partial charge in [-0.1, -0.05) is 147 Å². The minimum Gasteiger partial charge on any atom is -0.309 e. The first-order chi connectivity index (χ1) is 30.9. The van der Waals surface area contributed by atoms with Gasteiger partial charge in [-0.2, -0.15) is 0 Å². The molecule has 63 heavy (non-hydrogen) atoms. The van der Waals surface area contributed by atoms with Crippen LogP contribution in [0.5, 0.6) is 0 Å². The zero-order valence-corrected chi connectivity index (χ0v) is 36.8. The summed E-state index contributed by atoms with van der Waals surface area (Å²) in [6.07, 6.45) is 7.12. The quantitative estimate of drug-likeness (QED) is 0.167. The molecular weight excluding hydrogens is 779 g/mol. The molecule has 0 aliphatic heterocycles. The van der Waals surface area contributed by atoms with Gasteiger partial charge in [-0.3, -0.25) is 0 Å². The van der Waals surface area contributed by atoms with Crippen LogP contribution in [0.25, 0.3) is 64.7 Å². The van der Waals surface area contributed by atoms with E-state index in [2.05, 4.69) is 195 Å². The molecule has 0 radical (unpaired) electrons. The van der Waals surface area contributed by atoms with Crippen molar-refractivity contribution in [1.29, 1.82) is 0 Å². The third-order valence-electron chi connectivity index (χ3n) is 16.6. The van der Waals surface area contributed by atoms with Gasteiger partial charge in [0.2, 0.25) is 0 Å². The fourth-order valence-corrected chi connectivity index (χ4v) is 15.5. The number of thiophene rings is 1. The van der Waals surface area contributed by atoms with Crippen molar-refractivity contribution in [1.82, 2.24) is 0 Å². The Morgan fingerprint density at radius 3 is 1.79 bits per heavy atom. The second-order valence-electron chi connectivity index (χ2n) is 20.1. The van der Waals surface area contributed by atoms with Crippen LogP contribution in [0.1, 0.15) is 68.2 Å². The van der Waals surface area contributed by atoms with E-state index in [0.29, 0.717) is 0 Å². The summed E-state index contributed by atoms with van der Waals surface area (Å²) in [6.45, 7) is 4.81. The second kappa shape index (κ2) is 13.2. The third-order valence-corrected chi connectivity index (χ3v) is 17.8. The highest BCUT2D eigenvalue weighted by Crippen LogP contribution is 2.69. The maximum Gasteiger partial charge on any atom is 0.0554 e. The minimum absolute atomic E-state index is 0.172. The zero-order valence-electron chi connectivity index (χ0n) is 35.9. The Balaban J connectivity index is 0.885. The lowest BCUT2D eigenvalue weighted by molar-refractivity contribution is -0.0399. The highest BCUT2D eigenvalue weighted by Gasteiger charge is 2.61. The summed E-state index contributed by atoms with van der Waals surface area (Å²) in [5.41, 5.74) is 20.4. The van der Waals surface area contributed by atoms with Gasteiger partial charge in [-0.15, -0.1) is 11.3 Å². The molecule has 1 heterocycles. The monoisotopic (exact) mass is 827 g/mol. The van der Waals surface area contributed by atoms with Crippen molar-refractivity contribution in [3.05, 3.63) is 198 Å². The molecule has 6 aliphatic carbocycles. The predicted molar refractivity (Wildman–Crippen MR) is 266 cm³/mol. The lowest BCUT2D eigenvalue weighted by Crippen LogP contribution is -2.55. The zero-order chi connectivity index (χ0) is 41.6. The number of rotatable bonds is 5. The molecule has 6 aliphatic rings. The summed E-state index contributed by atoms with van der Waals surface area (Å²) in [7, 11) is 0. The first-order valence-electron chi connectivity index (χ1n) is 23.3. The third kappa shape index (κ3) is 4.99. The van der Waals surface area contributed by atoms with Gasteiger partial charge in [0.1, 0.15) is 0 Å². The number of benzene rings is 8. The highest BCUT2D eigenvalue weighted by molar-refractivity contribution is 7.26. The van der Waals surface area contributed by atoms with Crippen LogP contribution in [-0.4, -0.2) is 0 Å². The molecule has 0 atom stereocenters. The van der Waals surface area contributed by atoms with E-state index in [-0.39, 0.29) is 10.8 Å². The van der Waals surface area contributed by atoms with Crippen LogP contribution in [0.3, 0.4) is 0 Å². The molecule has 0 saturated heterocycles. The molecule has 0 unspecified atom stereocenters. The SMILES string of the molecule is CC1(C)c2ccccc2-c2cccc(N(c3cccc(-c4ccc(-c5ccc6c(c5)C5(c7ccccc7-6)C6CC7CC(C6)CC5C7)cc4)c3)c3cccc4sc5ccccc5c34)c21. The first-order valence-corrected chi connectivity index (χ1v) is 24.2. The van der Waals surface area contributed by atoms with Crippen LogP contribution in [0.15, 0.2) is 176 Å². The largest absolute Gasteiger partial charge is 0.309 e. The Morgan fingerprint density at radius 2 is 1.02 bits per heavy atom. The second-order valence-corrected chi connectivity index (χ2v) is 21.1.